The van der Waals surface area contributed by atoms with E-state index >= 15 is 0 Å². The maximum Gasteiger partial charge on any atom is 0.00721 e. The molecular weight excluding hydrogens is 212 g/mol. The molecule has 0 amide bonds. The SMILES string of the molecule is CCCCCSc1ccc(C(C)(C)C)cc1. The topological polar surface area (TPSA) is 0 Å². The first-order valence-electron chi connectivity index (χ1n) is 6.27. The zero-order chi connectivity index (χ0) is 12.0. The molecule has 0 unspecified atom stereocenters. The summed E-state index contributed by atoms with van der Waals surface area (Å²) in [6, 6.07) is 9.05. The first-order chi connectivity index (χ1) is 7.54. The summed E-state index contributed by atoms with van der Waals surface area (Å²) >= 11 is 1.98. The molecule has 90 valence electrons. The van der Waals surface area contributed by atoms with Crippen molar-refractivity contribution in [2.24, 2.45) is 0 Å². The Morgan fingerprint density at radius 1 is 1.00 bits per heavy atom. The van der Waals surface area contributed by atoms with Crippen molar-refractivity contribution in [1.29, 1.82) is 0 Å². The van der Waals surface area contributed by atoms with E-state index in [0.717, 1.165) is 0 Å². The summed E-state index contributed by atoms with van der Waals surface area (Å²) in [7, 11) is 0. The fourth-order valence-electron chi connectivity index (χ4n) is 1.59. The lowest BCUT2D eigenvalue weighted by Crippen LogP contribution is -2.10. The van der Waals surface area contributed by atoms with Crippen molar-refractivity contribution in [2.75, 3.05) is 5.75 Å². The van der Waals surface area contributed by atoms with E-state index in [-0.39, 0.29) is 5.41 Å². The van der Waals surface area contributed by atoms with Gasteiger partial charge >= 0.3 is 0 Å². The molecule has 1 heteroatoms. The van der Waals surface area contributed by atoms with Crippen LogP contribution >= 0.6 is 11.8 Å². The van der Waals surface area contributed by atoms with Crippen LogP contribution in [-0.4, -0.2) is 5.75 Å². The second-order valence-electron chi connectivity index (χ2n) is 5.33. The van der Waals surface area contributed by atoms with Crippen LogP contribution in [0.5, 0.6) is 0 Å². The van der Waals surface area contributed by atoms with E-state index in [0.29, 0.717) is 0 Å². The Kier molecular flexibility index (Phi) is 5.40. The minimum Gasteiger partial charge on any atom is -0.126 e. The number of benzene rings is 1. The Labute approximate surface area is 105 Å². The minimum absolute atomic E-state index is 0.269. The third kappa shape index (κ3) is 4.61. The molecule has 0 atom stereocenters. The summed E-state index contributed by atoms with van der Waals surface area (Å²) in [6.45, 7) is 9.03. The number of rotatable bonds is 5. The molecule has 0 radical (unpaired) electrons. The molecule has 16 heavy (non-hydrogen) atoms. The van der Waals surface area contributed by atoms with Gasteiger partial charge < -0.3 is 0 Å². The largest absolute Gasteiger partial charge is 0.126 e. The van der Waals surface area contributed by atoms with Gasteiger partial charge in [-0.15, -0.1) is 11.8 Å². The summed E-state index contributed by atoms with van der Waals surface area (Å²) in [4.78, 5) is 1.41. The molecule has 1 aromatic carbocycles. The van der Waals surface area contributed by atoms with Crippen LogP contribution in [-0.2, 0) is 5.41 Å². The Balaban J connectivity index is 2.46. The molecule has 0 spiro atoms. The van der Waals surface area contributed by atoms with Gasteiger partial charge in [0.2, 0.25) is 0 Å². The molecule has 0 bridgehead atoms. The maximum absolute atomic E-state index is 2.27. The normalized spacial score (nSPS) is 11.8. The van der Waals surface area contributed by atoms with Gasteiger partial charge in [-0.25, -0.2) is 0 Å². The number of unbranched alkanes of at least 4 members (excludes halogenated alkanes) is 2. The van der Waals surface area contributed by atoms with Crippen molar-refractivity contribution in [2.45, 2.75) is 57.3 Å². The molecule has 1 aromatic rings. The lowest BCUT2D eigenvalue weighted by molar-refractivity contribution is 0.590. The second kappa shape index (κ2) is 6.34. The average molecular weight is 236 g/mol. The molecule has 0 N–H and O–H groups in total. The van der Waals surface area contributed by atoms with Crippen molar-refractivity contribution in [3.63, 3.8) is 0 Å². The van der Waals surface area contributed by atoms with Crippen LogP contribution in [0.4, 0.5) is 0 Å². The quantitative estimate of drug-likeness (QED) is 0.496. The van der Waals surface area contributed by atoms with Crippen LogP contribution < -0.4 is 0 Å². The fourth-order valence-corrected chi connectivity index (χ4v) is 2.51. The fraction of sp³-hybridized carbons (Fsp3) is 0.600. The number of hydrogen-bond acceptors (Lipinski definition) is 1. The third-order valence-electron chi connectivity index (χ3n) is 2.74. The molecule has 0 aliphatic rings. The van der Waals surface area contributed by atoms with Crippen LogP contribution in [0.15, 0.2) is 29.2 Å². The molecule has 0 nitrogen and oxygen atoms in total. The van der Waals surface area contributed by atoms with Crippen LogP contribution in [0, 0.1) is 0 Å². The molecule has 0 aliphatic carbocycles. The van der Waals surface area contributed by atoms with Crippen LogP contribution in [0.2, 0.25) is 0 Å². The van der Waals surface area contributed by atoms with E-state index in [1.807, 2.05) is 11.8 Å². The van der Waals surface area contributed by atoms with Crippen LogP contribution in [0.1, 0.15) is 52.5 Å². The van der Waals surface area contributed by atoms with E-state index in [4.69, 9.17) is 0 Å². The highest BCUT2D eigenvalue weighted by atomic mass is 32.2. The predicted molar refractivity (Wildman–Crippen MR) is 75.4 cm³/mol. The molecule has 0 heterocycles. The average Bonchev–Trinajstić information content (AvgIpc) is 2.24. The first kappa shape index (κ1) is 13.6. The van der Waals surface area contributed by atoms with Gasteiger partial charge in [0.05, 0.1) is 0 Å². The zero-order valence-corrected chi connectivity index (χ0v) is 11.9. The standard InChI is InChI=1S/C15H24S/c1-5-6-7-12-16-14-10-8-13(9-11-14)15(2,3)4/h8-11H,5-7,12H2,1-4H3. The number of hydrogen-bond donors (Lipinski definition) is 0. The van der Waals surface area contributed by atoms with Gasteiger partial charge in [0.25, 0.3) is 0 Å². The van der Waals surface area contributed by atoms with Crippen molar-refractivity contribution < 1.29 is 0 Å². The Bertz CT molecular complexity index is 292. The summed E-state index contributed by atoms with van der Waals surface area (Å²) < 4.78 is 0. The van der Waals surface area contributed by atoms with E-state index in [2.05, 4.69) is 52.0 Å². The molecule has 0 saturated heterocycles. The minimum atomic E-state index is 0.269. The zero-order valence-electron chi connectivity index (χ0n) is 11.0. The third-order valence-corrected chi connectivity index (χ3v) is 3.84. The van der Waals surface area contributed by atoms with Crippen molar-refractivity contribution in [1.82, 2.24) is 0 Å². The molecule has 0 aromatic heterocycles. The summed E-state index contributed by atoms with van der Waals surface area (Å²) in [5.74, 6) is 1.25. The highest BCUT2D eigenvalue weighted by Gasteiger charge is 2.12. The summed E-state index contributed by atoms with van der Waals surface area (Å²) in [5.41, 5.74) is 1.69. The van der Waals surface area contributed by atoms with Gasteiger partial charge in [-0.05, 0) is 35.3 Å². The Hall–Kier alpha value is -0.430. The summed E-state index contributed by atoms with van der Waals surface area (Å²) in [5, 5.41) is 0. The van der Waals surface area contributed by atoms with Crippen LogP contribution in [0.25, 0.3) is 0 Å². The molecule has 1 rings (SSSR count). The lowest BCUT2D eigenvalue weighted by Gasteiger charge is -2.19. The molecule has 0 fully saturated rings. The lowest BCUT2D eigenvalue weighted by atomic mass is 9.87. The number of thioether (sulfide) groups is 1. The van der Waals surface area contributed by atoms with Gasteiger partial charge in [0.15, 0.2) is 0 Å². The predicted octanol–water partition coefficient (Wildman–Crippen LogP) is 5.27. The Morgan fingerprint density at radius 2 is 1.62 bits per heavy atom. The highest BCUT2D eigenvalue weighted by molar-refractivity contribution is 7.99. The van der Waals surface area contributed by atoms with Crippen molar-refractivity contribution in [3.05, 3.63) is 29.8 Å². The van der Waals surface area contributed by atoms with Crippen molar-refractivity contribution in [3.8, 4) is 0 Å². The second-order valence-corrected chi connectivity index (χ2v) is 6.50. The molecular formula is C15H24S. The van der Waals surface area contributed by atoms with E-state index < -0.39 is 0 Å². The monoisotopic (exact) mass is 236 g/mol. The summed E-state index contributed by atoms with van der Waals surface area (Å²) in [6.07, 6.45) is 4.00. The maximum atomic E-state index is 2.27. The van der Waals surface area contributed by atoms with E-state index in [1.54, 1.807) is 0 Å². The van der Waals surface area contributed by atoms with Gasteiger partial charge in [-0.1, -0.05) is 52.7 Å². The van der Waals surface area contributed by atoms with Crippen molar-refractivity contribution >= 4 is 11.8 Å². The smallest absolute Gasteiger partial charge is 0.00721 e. The van der Waals surface area contributed by atoms with Gasteiger partial charge in [-0.2, -0.15) is 0 Å². The molecule has 0 saturated carbocycles. The molecule has 0 aliphatic heterocycles. The first-order valence-corrected chi connectivity index (χ1v) is 7.26. The van der Waals surface area contributed by atoms with E-state index in [1.165, 1.54) is 35.5 Å². The van der Waals surface area contributed by atoms with Gasteiger partial charge in [-0.3, -0.25) is 0 Å². The van der Waals surface area contributed by atoms with Gasteiger partial charge in [0, 0.05) is 4.90 Å². The Morgan fingerprint density at radius 3 is 2.12 bits per heavy atom. The van der Waals surface area contributed by atoms with Crippen LogP contribution in [0.3, 0.4) is 0 Å². The highest BCUT2D eigenvalue weighted by Crippen LogP contribution is 2.26. The van der Waals surface area contributed by atoms with E-state index in [9.17, 15) is 0 Å². The van der Waals surface area contributed by atoms with Gasteiger partial charge in [0.1, 0.15) is 0 Å².